The molecule has 0 aliphatic heterocycles. The standard InChI is InChI=1S/C25H26Br3N3O5/c1-5-14(4)24-30-18-9-8-16(26)11-17(18)25(33)31(24)29-12-15-10-19(34-6-2)23(22(28)21(15)27)36-13-20(32)35-7-3/h8-12,14H,5-7,13H2,1-4H3/t14-/m0/s1. The van der Waals surface area contributed by atoms with Gasteiger partial charge < -0.3 is 14.2 Å². The first-order valence-electron chi connectivity index (χ1n) is 11.4. The summed E-state index contributed by atoms with van der Waals surface area (Å²) in [5.41, 5.74) is 0.989. The van der Waals surface area contributed by atoms with E-state index in [4.69, 9.17) is 19.2 Å². The summed E-state index contributed by atoms with van der Waals surface area (Å²) < 4.78 is 19.7. The molecular weight excluding hydrogens is 662 g/mol. The van der Waals surface area contributed by atoms with Crippen LogP contribution in [0.5, 0.6) is 11.5 Å². The average Bonchev–Trinajstić information content (AvgIpc) is 2.86. The first kappa shape index (κ1) is 28.3. The molecule has 2 aromatic carbocycles. The third kappa shape index (κ3) is 6.36. The van der Waals surface area contributed by atoms with Crippen molar-refractivity contribution in [3.63, 3.8) is 0 Å². The molecule has 1 atom stereocenters. The first-order chi connectivity index (χ1) is 17.2. The summed E-state index contributed by atoms with van der Waals surface area (Å²) in [7, 11) is 0. The zero-order chi connectivity index (χ0) is 26.4. The SMILES string of the molecule is CCOC(=O)COc1c(OCC)cc(C=Nn2c([C@@H](C)CC)nc3ccc(Br)cc3c2=O)c(Br)c1Br. The maximum Gasteiger partial charge on any atom is 0.344 e. The largest absolute Gasteiger partial charge is 0.490 e. The minimum atomic E-state index is -0.485. The molecule has 0 spiro atoms. The maximum atomic E-state index is 13.4. The van der Waals surface area contributed by atoms with Crippen molar-refractivity contribution >= 4 is 70.9 Å². The fraction of sp³-hybridized carbons (Fsp3) is 0.360. The maximum absolute atomic E-state index is 13.4. The average molecular weight is 688 g/mol. The van der Waals surface area contributed by atoms with Gasteiger partial charge in [0, 0.05) is 20.4 Å². The lowest BCUT2D eigenvalue weighted by Crippen LogP contribution is -2.23. The fourth-order valence-electron chi connectivity index (χ4n) is 3.33. The highest BCUT2D eigenvalue weighted by molar-refractivity contribution is 9.13. The smallest absolute Gasteiger partial charge is 0.344 e. The molecule has 8 nitrogen and oxygen atoms in total. The van der Waals surface area contributed by atoms with E-state index in [-0.39, 0.29) is 24.7 Å². The number of carbonyl (C=O) groups excluding carboxylic acids is 1. The van der Waals surface area contributed by atoms with Crippen molar-refractivity contribution in [3.05, 3.63) is 59.4 Å². The Balaban J connectivity index is 2.10. The highest BCUT2D eigenvalue weighted by Gasteiger charge is 2.19. The van der Waals surface area contributed by atoms with E-state index < -0.39 is 5.97 Å². The Morgan fingerprint density at radius 1 is 1.11 bits per heavy atom. The second-order valence-electron chi connectivity index (χ2n) is 7.75. The molecule has 192 valence electrons. The van der Waals surface area contributed by atoms with Gasteiger partial charge in [-0.25, -0.2) is 9.78 Å². The molecule has 0 unspecified atom stereocenters. The molecule has 1 heterocycles. The lowest BCUT2D eigenvalue weighted by molar-refractivity contribution is -0.145. The number of rotatable bonds is 10. The summed E-state index contributed by atoms with van der Waals surface area (Å²) in [4.78, 5) is 29.9. The second-order valence-corrected chi connectivity index (χ2v) is 10.3. The van der Waals surface area contributed by atoms with Crippen LogP contribution in [0.1, 0.15) is 51.4 Å². The van der Waals surface area contributed by atoms with Crippen molar-refractivity contribution in [2.45, 2.75) is 40.0 Å². The van der Waals surface area contributed by atoms with Gasteiger partial charge in [0.05, 0.1) is 34.8 Å². The number of hydrogen-bond acceptors (Lipinski definition) is 7. The topological polar surface area (TPSA) is 92.0 Å². The number of nitrogens with zero attached hydrogens (tertiary/aromatic N) is 3. The predicted octanol–water partition coefficient (Wildman–Crippen LogP) is 6.42. The van der Waals surface area contributed by atoms with E-state index in [1.54, 1.807) is 25.3 Å². The Bertz CT molecular complexity index is 1360. The number of ether oxygens (including phenoxy) is 3. The molecule has 11 heteroatoms. The van der Waals surface area contributed by atoms with Crippen molar-refractivity contribution in [1.82, 2.24) is 9.66 Å². The Morgan fingerprint density at radius 2 is 1.86 bits per heavy atom. The van der Waals surface area contributed by atoms with E-state index in [2.05, 4.69) is 52.9 Å². The monoisotopic (exact) mass is 685 g/mol. The molecule has 36 heavy (non-hydrogen) atoms. The second kappa shape index (κ2) is 12.8. The van der Waals surface area contributed by atoms with Crippen LogP contribution in [-0.2, 0) is 9.53 Å². The normalized spacial score (nSPS) is 12.2. The molecule has 0 bridgehead atoms. The number of carbonyl (C=O) groups is 1. The van der Waals surface area contributed by atoms with Gasteiger partial charge in [0.1, 0.15) is 5.82 Å². The molecule has 3 rings (SSSR count). The zero-order valence-corrected chi connectivity index (χ0v) is 25.1. The summed E-state index contributed by atoms with van der Waals surface area (Å²) >= 11 is 10.5. The molecule has 0 amide bonds. The molecule has 0 N–H and O–H groups in total. The fourth-order valence-corrected chi connectivity index (χ4v) is 4.63. The van der Waals surface area contributed by atoms with E-state index in [0.29, 0.717) is 49.3 Å². The molecule has 0 saturated carbocycles. The molecular formula is C25H26Br3N3O5. The van der Waals surface area contributed by atoms with Crippen LogP contribution < -0.4 is 15.0 Å². The van der Waals surface area contributed by atoms with Gasteiger partial charge >= 0.3 is 5.97 Å². The Kier molecular flexibility index (Phi) is 10.1. The lowest BCUT2D eigenvalue weighted by Gasteiger charge is -2.16. The first-order valence-corrected chi connectivity index (χ1v) is 13.8. The van der Waals surface area contributed by atoms with Crippen LogP contribution in [0, 0.1) is 0 Å². The van der Waals surface area contributed by atoms with Crippen LogP contribution >= 0.6 is 47.8 Å². The van der Waals surface area contributed by atoms with E-state index in [1.165, 1.54) is 4.68 Å². The lowest BCUT2D eigenvalue weighted by atomic mass is 10.1. The third-order valence-corrected chi connectivity index (χ3v) is 7.93. The van der Waals surface area contributed by atoms with E-state index in [1.807, 2.05) is 32.9 Å². The molecule has 0 aliphatic rings. The summed E-state index contributed by atoms with van der Waals surface area (Å²) in [6.07, 6.45) is 2.35. The summed E-state index contributed by atoms with van der Waals surface area (Å²) in [6.45, 7) is 7.99. The number of benzene rings is 2. The predicted molar refractivity (Wildman–Crippen MR) is 151 cm³/mol. The van der Waals surface area contributed by atoms with Gasteiger partial charge in [0.25, 0.3) is 5.56 Å². The highest BCUT2D eigenvalue weighted by Crippen LogP contribution is 2.42. The zero-order valence-electron chi connectivity index (χ0n) is 20.3. The quantitative estimate of drug-likeness (QED) is 0.181. The van der Waals surface area contributed by atoms with Gasteiger partial charge in [-0.3, -0.25) is 4.79 Å². The van der Waals surface area contributed by atoms with Gasteiger partial charge in [-0.15, -0.1) is 0 Å². The molecule has 0 saturated heterocycles. The highest BCUT2D eigenvalue weighted by atomic mass is 79.9. The molecule has 1 aromatic heterocycles. The summed E-state index contributed by atoms with van der Waals surface area (Å²) in [6, 6.07) is 7.14. The van der Waals surface area contributed by atoms with Gasteiger partial charge in [-0.2, -0.15) is 9.78 Å². The molecule has 0 aliphatic carbocycles. The summed E-state index contributed by atoms with van der Waals surface area (Å²) in [5, 5.41) is 5.00. The molecule has 0 radical (unpaired) electrons. The van der Waals surface area contributed by atoms with Crippen molar-refractivity contribution in [2.24, 2.45) is 5.10 Å². The van der Waals surface area contributed by atoms with Crippen LogP contribution in [0.4, 0.5) is 0 Å². The minimum absolute atomic E-state index is 0.00992. The van der Waals surface area contributed by atoms with Gasteiger partial charge in [0.2, 0.25) is 0 Å². The van der Waals surface area contributed by atoms with Gasteiger partial charge in [-0.1, -0.05) is 29.8 Å². The van der Waals surface area contributed by atoms with Crippen molar-refractivity contribution in [3.8, 4) is 11.5 Å². The third-order valence-electron chi connectivity index (χ3n) is 5.29. The number of aromatic nitrogens is 2. The molecule has 0 fully saturated rings. The van der Waals surface area contributed by atoms with Crippen LogP contribution in [0.2, 0.25) is 0 Å². The van der Waals surface area contributed by atoms with E-state index >= 15 is 0 Å². The number of esters is 1. The van der Waals surface area contributed by atoms with Crippen LogP contribution in [0.3, 0.4) is 0 Å². The number of halogens is 3. The van der Waals surface area contributed by atoms with Crippen molar-refractivity contribution < 1.29 is 19.0 Å². The molecule has 3 aromatic rings. The minimum Gasteiger partial charge on any atom is -0.490 e. The van der Waals surface area contributed by atoms with E-state index in [9.17, 15) is 9.59 Å². The van der Waals surface area contributed by atoms with Gasteiger partial charge in [-0.05, 0) is 76.4 Å². The van der Waals surface area contributed by atoms with Crippen LogP contribution in [0.25, 0.3) is 10.9 Å². The van der Waals surface area contributed by atoms with Crippen LogP contribution in [-0.4, -0.2) is 41.7 Å². The Labute approximate surface area is 234 Å². The van der Waals surface area contributed by atoms with Crippen molar-refractivity contribution in [1.29, 1.82) is 0 Å². The Morgan fingerprint density at radius 3 is 2.53 bits per heavy atom. The van der Waals surface area contributed by atoms with Crippen LogP contribution in [0.15, 0.2) is 47.6 Å². The Hall–Kier alpha value is -2.24. The summed E-state index contributed by atoms with van der Waals surface area (Å²) in [5.74, 6) is 0.858. The number of fused-ring (bicyclic) bond motifs is 1. The van der Waals surface area contributed by atoms with Gasteiger partial charge in [0.15, 0.2) is 18.1 Å². The number of hydrogen-bond donors (Lipinski definition) is 0. The van der Waals surface area contributed by atoms with E-state index in [0.717, 1.165) is 10.9 Å². The van der Waals surface area contributed by atoms with Crippen molar-refractivity contribution in [2.75, 3.05) is 19.8 Å².